The topological polar surface area (TPSA) is 77.8 Å². The van der Waals surface area contributed by atoms with E-state index in [1.165, 1.54) is 0 Å². The normalized spacial score (nSPS) is 21.5. The van der Waals surface area contributed by atoms with Crippen molar-refractivity contribution in [3.63, 3.8) is 0 Å². The largest absolute Gasteiger partial charge is 0.483 e. The summed E-state index contributed by atoms with van der Waals surface area (Å²) in [7, 11) is 0. The van der Waals surface area contributed by atoms with Gasteiger partial charge in [0.2, 0.25) is 0 Å². The molecule has 2 atom stereocenters. The van der Waals surface area contributed by atoms with Crippen LogP contribution in [0.5, 0.6) is 5.75 Å². The van der Waals surface area contributed by atoms with Crippen LogP contribution in [0.1, 0.15) is 19.0 Å². The van der Waals surface area contributed by atoms with Crippen molar-refractivity contribution in [2.45, 2.75) is 25.6 Å². The van der Waals surface area contributed by atoms with Gasteiger partial charge in [-0.25, -0.2) is 14.4 Å². The van der Waals surface area contributed by atoms with E-state index in [0.717, 1.165) is 29.4 Å². The highest BCUT2D eigenvalue weighted by Crippen LogP contribution is 2.35. The van der Waals surface area contributed by atoms with Crippen LogP contribution in [0.25, 0.3) is 21.9 Å². The number of nitrogens with zero attached hydrogens (tertiary/aromatic N) is 4. The number of H-pyrrole nitrogens is 1. The molecule has 1 aliphatic heterocycles. The Balaban J connectivity index is 1.79. The zero-order valence-corrected chi connectivity index (χ0v) is 13.9. The third-order valence-electron chi connectivity index (χ3n) is 4.75. The van der Waals surface area contributed by atoms with Gasteiger partial charge in [0.1, 0.15) is 24.0 Å². The number of nitrogens with one attached hydrogen (secondary N) is 1. The number of fused-ring (bicyclic) bond motifs is 3. The van der Waals surface area contributed by atoms with Gasteiger partial charge in [-0.2, -0.15) is 5.26 Å². The maximum absolute atomic E-state index is 14.6. The van der Waals surface area contributed by atoms with Gasteiger partial charge in [0.05, 0.1) is 17.1 Å². The van der Waals surface area contributed by atoms with Crippen molar-refractivity contribution in [1.29, 1.82) is 5.26 Å². The second kappa shape index (κ2) is 6.30. The average Bonchev–Trinajstić information content (AvgIpc) is 3.02. The van der Waals surface area contributed by atoms with Crippen molar-refractivity contribution >= 4 is 21.9 Å². The van der Waals surface area contributed by atoms with Crippen LogP contribution in [0.3, 0.4) is 0 Å². The Bertz CT molecular complexity index is 963. The minimum Gasteiger partial charge on any atom is -0.483 e. The van der Waals surface area contributed by atoms with Gasteiger partial charge in [-0.1, -0.05) is 6.92 Å². The number of piperidine rings is 1. The molecule has 3 aromatic rings. The number of halogens is 1. The van der Waals surface area contributed by atoms with Gasteiger partial charge >= 0.3 is 0 Å². The lowest BCUT2D eigenvalue weighted by molar-refractivity contribution is 0.0245. The van der Waals surface area contributed by atoms with E-state index in [1.54, 1.807) is 12.4 Å². The number of hydrogen-bond acceptors (Lipinski definition) is 5. The first-order valence-corrected chi connectivity index (χ1v) is 8.39. The molecule has 3 aromatic heterocycles. The van der Waals surface area contributed by atoms with E-state index in [2.05, 4.69) is 25.9 Å². The summed E-state index contributed by atoms with van der Waals surface area (Å²) in [5, 5.41) is 11.0. The van der Waals surface area contributed by atoms with E-state index < -0.39 is 12.3 Å². The molecule has 0 radical (unpaired) electrons. The van der Waals surface area contributed by atoms with E-state index in [1.807, 2.05) is 19.1 Å². The predicted octanol–water partition coefficient (Wildman–Crippen LogP) is 2.79. The first-order chi connectivity index (χ1) is 12.2. The molecule has 1 fully saturated rings. The number of rotatable bonds is 3. The molecule has 1 N–H and O–H groups in total. The van der Waals surface area contributed by atoms with E-state index in [0.29, 0.717) is 24.4 Å². The SMILES string of the molecule is CCN1CC[C@H](Oc2c(C#N)ncc3[nH]c4ncccc4c23)[C@@H](F)C1. The average molecular weight is 339 g/mol. The molecule has 0 amide bonds. The number of nitriles is 1. The highest BCUT2D eigenvalue weighted by Gasteiger charge is 2.31. The highest BCUT2D eigenvalue weighted by molar-refractivity contribution is 6.09. The molecule has 0 aromatic carbocycles. The maximum atomic E-state index is 14.6. The smallest absolute Gasteiger partial charge is 0.183 e. The number of likely N-dealkylation sites (tertiary alicyclic amines) is 1. The summed E-state index contributed by atoms with van der Waals surface area (Å²) >= 11 is 0. The van der Waals surface area contributed by atoms with E-state index in [4.69, 9.17) is 4.74 Å². The van der Waals surface area contributed by atoms with Crippen molar-refractivity contribution < 1.29 is 9.13 Å². The Morgan fingerprint density at radius 2 is 2.36 bits per heavy atom. The first-order valence-electron chi connectivity index (χ1n) is 8.39. The lowest BCUT2D eigenvalue weighted by Gasteiger charge is -2.34. The van der Waals surface area contributed by atoms with Gasteiger partial charge in [-0.15, -0.1) is 0 Å². The van der Waals surface area contributed by atoms with Crippen LogP contribution in [0, 0.1) is 11.3 Å². The number of ether oxygens (including phenoxy) is 1. The second-order valence-corrected chi connectivity index (χ2v) is 6.22. The number of hydrogen-bond donors (Lipinski definition) is 1. The Morgan fingerprint density at radius 1 is 1.48 bits per heavy atom. The van der Waals surface area contributed by atoms with E-state index in [9.17, 15) is 9.65 Å². The minimum atomic E-state index is -1.10. The summed E-state index contributed by atoms with van der Waals surface area (Å²) in [6, 6.07) is 5.79. The summed E-state index contributed by atoms with van der Waals surface area (Å²) < 4.78 is 20.6. The Labute approximate surface area is 144 Å². The lowest BCUT2D eigenvalue weighted by Crippen LogP contribution is -2.46. The second-order valence-electron chi connectivity index (χ2n) is 6.22. The lowest BCUT2D eigenvalue weighted by atomic mass is 10.1. The number of pyridine rings is 2. The molecule has 1 saturated heterocycles. The van der Waals surface area contributed by atoms with Crippen LogP contribution >= 0.6 is 0 Å². The van der Waals surface area contributed by atoms with Crippen molar-refractivity contribution in [1.82, 2.24) is 19.9 Å². The zero-order valence-electron chi connectivity index (χ0n) is 13.9. The van der Waals surface area contributed by atoms with Crippen LogP contribution in [0.15, 0.2) is 24.5 Å². The van der Waals surface area contributed by atoms with Crippen molar-refractivity contribution in [2.75, 3.05) is 19.6 Å². The molecular weight excluding hydrogens is 321 g/mol. The number of alkyl halides is 1. The third-order valence-corrected chi connectivity index (χ3v) is 4.75. The van der Waals surface area contributed by atoms with Crippen LogP contribution in [0.4, 0.5) is 4.39 Å². The molecule has 0 bridgehead atoms. The summed E-state index contributed by atoms with van der Waals surface area (Å²) in [4.78, 5) is 13.7. The number of aromatic amines is 1. The first kappa shape index (κ1) is 15.8. The van der Waals surface area contributed by atoms with Gasteiger partial charge in [0, 0.05) is 24.7 Å². The summed E-state index contributed by atoms with van der Waals surface area (Å²) in [6.45, 7) is 3.97. The monoisotopic (exact) mass is 339 g/mol. The summed E-state index contributed by atoms with van der Waals surface area (Å²) in [6.07, 6.45) is 2.18. The molecule has 0 aliphatic carbocycles. The summed E-state index contributed by atoms with van der Waals surface area (Å²) in [5.41, 5.74) is 1.59. The highest BCUT2D eigenvalue weighted by atomic mass is 19.1. The Kier molecular flexibility index (Phi) is 3.98. The zero-order chi connectivity index (χ0) is 17.4. The Morgan fingerprint density at radius 3 is 3.12 bits per heavy atom. The van der Waals surface area contributed by atoms with Gasteiger partial charge in [-0.3, -0.25) is 0 Å². The molecule has 0 saturated carbocycles. The molecule has 6 nitrogen and oxygen atoms in total. The molecule has 7 heteroatoms. The van der Waals surface area contributed by atoms with Crippen molar-refractivity contribution in [3.05, 3.63) is 30.2 Å². The predicted molar refractivity (Wildman–Crippen MR) is 92.2 cm³/mol. The molecular formula is C18H18FN5O. The molecule has 25 heavy (non-hydrogen) atoms. The standard InChI is InChI=1S/C18H18FN5O/c1-2-24-7-5-15(12(19)10-24)25-17-13(8-20)22-9-14-16(17)11-4-3-6-21-18(11)23-14/h3-4,6,9,12,15H,2,5,7,10H2,1H3,(H,21,23)/t12-,15-/m0/s1. The van der Waals surface area contributed by atoms with Gasteiger partial charge < -0.3 is 14.6 Å². The third kappa shape index (κ3) is 2.68. The summed E-state index contributed by atoms with van der Waals surface area (Å²) in [5.74, 6) is 0.344. The van der Waals surface area contributed by atoms with E-state index >= 15 is 0 Å². The maximum Gasteiger partial charge on any atom is 0.183 e. The molecule has 1 aliphatic rings. The van der Waals surface area contributed by atoms with Gasteiger partial charge in [-0.05, 0) is 25.1 Å². The fraction of sp³-hybridized carbons (Fsp3) is 0.389. The molecule has 0 spiro atoms. The van der Waals surface area contributed by atoms with Gasteiger partial charge in [0.15, 0.2) is 11.4 Å². The fourth-order valence-corrected chi connectivity index (χ4v) is 3.40. The quantitative estimate of drug-likeness (QED) is 0.794. The van der Waals surface area contributed by atoms with Crippen LogP contribution in [-0.2, 0) is 0 Å². The van der Waals surface area contributed by atoms with Crippen LogP contribution < -0.4 is 4.74 Å². The molecule has 4 heterocycles. The minimum absolute atomic E-state index is 0.169. The molecule has 128 valence electrons. The van der Waals surface area contributed by atoms with Crippen molar-refractivity contribution in [3.8, 4) is 11.8 Å². The van der Waals surface area contributed by atoms with Crippen LogP contribution in [0.2, 0.25) is 0 Å². The van der Waals surface area contributed by atoms with Crippen LogP contribution in [-0.4, -0.2) is 51.8 Å². The van der Waals surface area contributed by atoms with Crippen molar-refractivity contribution in [2.24, 2.45) is 0 Å². The van der Waals surface area contributed by atoms with Gasteiger partial charge in [0.25, 0.3) is 0 Å². The Hall–Kier alpha value is -2.72. The molecule has 0 unspecified atom stereocenters. The fourth-order valence-electron chi connectivity index (χ4n) is 3.40. The van der Waals surface area contributed by atoms with E-state index in [-0.39, 0.29) is 5.69 Å². The number of aromatic nitrogens is 3. The molecule has 4 rings (SSSR count).